The summed E-state index contributed by atoms with van der Waals surface area (Å²) in [7, 11) is 0. The molecule has 2 aromatic heterocycles. The second-order valence-corrected chi connectivity index (χ2v) is 5.88. The Balaban J connectivity index is 1.42. The Kier molecular flexibility index (Phi) is 4.93. The fourth-order valence-electron chi connectivity index (χ4n) is 2.54. The van der Waals surface area contributed by atoms with Crippen LogP contribution >= 0.6 is 0 Å². The highest BCUT2D eigenvalue weighted by atomic mass is 19.1. The monoisotopic (exact) mass is 393 g/mol. The van der Waals surface area contributed by atoms with Gasteiger partial charge in [-0.3, -0.25) is 9.36 Å². The molecule has 7 nitrogen and oxygen atoms in total. The molecule has 4 rings (SSSR count). The van der Waals surface area contributed by atoms with E-state index in [1.165, 1.54) is 6.07 Å². The van der Waals surface area contributed by atoms with E-state index in [9.17, 15) is 13.6 Å². The SMILES string of the molecule is O=C(Nc1ccc(Oc2ccc(-n3ccnc3)nn2)cc1)c1c(F)cccc1F. The molecule has 0 aliphatic carbocycles. The van der Waals surface area contributed by atoms with Gasteiger partial charge in [0.1, 0.15) is 29.3 Å². The third kappa shape index (κ3) is 4.08. The van der Waals surface area contributed by atoms with Gasteiger partial charge in [-0.1, -0.05) is 6.07 Å². The Hall–Kier alpha value is -4.14. The normalized spacial score (nSPS) is 10.6. The Labute approximate surface area is 163 Å². The number of nitrogens with zero attached hydrogens (tertiary/aromatic N) is 4. The fraction of sp³-hybridized carbons (Fsp3) is 0. The first kappa shape index (κ1) is 18.2. The van der Waals surface area contributed by atoms with E-state index in [4.69, 9.17) is 4.74 Å². The van der Waals surface area contributed by atoms with E-state index in [0.29, 0.717) is 17.3 Å². The number of nitrogens with one attached hydrogen (secondary N) is 1. The summed E-state index contributed by atoms with van der Waals surface area (Å²) in [4.78, 5) is 16.1. The molecule has 0 aliphatic heterocycles. The summed E-state index contributed by atoms with van der Waals surface area (Å²) >= 11 is 0. The molecule has 0 atom stereocenters. The lowest BCUT2D eigenvalue weighted by atomic mass is 10.2. The minimum atomic E-state index is -0.930. The quantitative estimate of drug-likeness (QED) is 0.555. The van der Waals surface area contributed by atoms with E-state index >= 15 is 0 Å². The van der Waals surface area contributed by atoms with Crippen molar-refractivity contribution >= 4 is 11.6 Å². The molecule has 0 spiro atoms. The lowest BCUT2D eigenvalue weighted by Gasteiger charge is -2.09. The topological polar surface area (TPSA) is 81.9 Å². The number of benzene rings is 2. The van der Waals surface area contributed by atoms with Crippen molar-refractivity contribution in [2.45, 2.75) is 0 Å². The van der Waals surface area contributed by atoms with E-state index in [1.54, 1.807) is 59.7 Å². The van der Waals surface area contributed by atoms with Crippen LogP contribution < -0.4 is 10.1 Å². The van der Waals surface area contributed by atoms with Gasteiger partial charge in [0, 0.05) is 24.1 Å². The maximum Gasteiger partial charge on any atom is 0.261 e. The predicted octanol–water partition coefficient (Wildman–Crippen LogP) is 3.99. The van der Waals surface area contributed by atoms with Crippen LogP contribution in [0, 0.1) is 11.6 Å². The van der Waals surface area contributed by atoms with Gasteiger partial charge in [-0.25, -0.2) is 13.8 Å². The molecule has 0 fully saturated rings. The molecule has 9 heteroatoms. The molecule has 2 aromatic carbocycles. The lowest BCUT2D eigenvalue weighted by Crippen LogP contribution is -2.15. The Morgan fingerprint density at radius 2 is 1.72 bits per heavy atom. The van der Waals surface area contributed by atoms with Gasteiger partial charge in [0.15, 0.2) is 5.82 Å². The van der Waals surface area contributed by atoms with Gasteiger partial charge in [0.2, 0.25) is 5.88 Å². The number of amides is 1. The molecule has 0 saturated carbocycles. The second-order valence-electron chi connectivity index (χ2n) is 5.88. The highest BCUT2D eigenvalue weighted by Gasteiger charge is 2.17. The molecular weight excluding hydrogens is 380 g/mol. The zero-order valence-electron chi connectivity index (χ0n) is 14.8. The molecule has 0 aliphatic rings. The van der Waals surface area contributed by atoms with Crippen LogP contribution in [0.2, 0.25) is 0 Å². The number of halogens is 2. The summed E-state index contributed by atoms with van der Waals surface area (Å²) in [5.74, 6) is -1.42. The minimum absolute atomic E-state index is 0.277. The van der Waals surface area contributed by atoms with Crippen molar-refractivity contribution in [1.82, 2.24) is 19.7 Å². The maximum absolute atomic E-state index is 13.7. The van der Waals surface area contributed by atoms with Crippen molar-refractivity contribution in [3.05, 3.63) is 90.5 Å². The second kappa shape index (κ2) is 7.85. The number of carbonyl (C=O) groups is 1. The van der Waals surface area contributed by atoms with Crippen LogP contribution in [0.25, 0.3) is 5.82 Å². The largest absolute Gasteiger partial charge is 0.438 e. The third-order valence-corrected chi connectivity index (χ3v) is 3.92. The van der Waals surface area contributed by atoms with Gasteiger partial charge in [0.05, 0.1) is 0 Å². The van der Waals surface area contributed by atoms with Crippen molar-refractivity contribution in [3.8, 4) is 17.4 Å². The van der Waals surface area contributed by atoms with E-state index in [2.05, 4.69) is 20.5 Å². The summed E-state index contributed by atoms with van der Waals surface area (Å²) < 4.78 is 34.7. The van der Waals surface area contributed by atoms with Gasteiger partial charge >= 0.3 is 0 Å². The van der Waals surface area contributed by atoms with Gasteiger partial charge in [-0.15, -0.1) is 10.2 Å². The first-order valence-electron chi connectivity index (χ1n) is 8.45. The van der Waals surface area contributed by atoms with Crippen molar-refractivity contribution in [2.75, 3.05) is 5.32 Å². The van der Waals surface area contributed by atoms with Gasteiger partial charge < -0.3 is 10.1 Å². The number of imidazole rings is 1. The van der Waals surface area contributed by atoms with Crippen molar-refractivity contribution in [3.63, 3.8) is 0 Å². The number of rotatable bonds is 5. The molecule has 0 bridgehead atoms. The molecule has 2 heterocycles. The van der Waals surface area contributed by atoms with E-state index in [1.807, 2.05) is 0 Å². The van der Waals surface area contributed by atoms with Crippen LogP contribution in [0.5, 0.6) is 11.6 Å². The summed E-state index contributed by atoms with van der Waals surface area (Å²) in [6.07, 6.45) is 4.97. The zero-order valence-corrected chi connectivity index (χ0v) is 14.8. The first-order chi connectivity index (χ1) is 14.1. The van der Waals surface area contributed by atoms with Gasteiger partial charge in [-0.2, -0.15) is 0 Å². The minimum Gasteiger partial charge on any atom is -0.438 e. The lowest BCUT2D eigenvalue weighted by molar-refractivity contribution is 0.101. The third-order valence-electron chi connectivity index (χ3n) is 3.92. The molecule has 0 radical (unpaired) electrons. The Bertz CT molecular complexity index is 1110. The van der Waals surface area contributed by atoms with Crippen molar-refractivity contribution in [2.24, 2.45) is 0 Å². The Morgan fingerprint density at radius 1 is 0.966 bits per heavy atom. The molecule has 1 N–H and O–H groups in total. The van der Waals surface area contributed by atoms with Crippen LogP contribution in [-0.4, -0.2) is 25.7 Å². The number of ether oxygens (including phenoxy) is 1. The number of hydrogen-bond donors (Lipinski definition) is 1. The summed E-state index contributed by atoms with van der Waals surface area (Å²) in [5.41, 5.74) is -0.285. The summed E-state index contributed by atoms with van der Waals surface area (Å²) in [5, 5.41) is 10.5. The zero-order chi connectivity index (χ0) is 20.2. The fourth-order valence-corrected chi connectivity index (χ4v) is 2.54. The molecule has 29 heavy (non-hydrogen) atoms. The van der Waals surface area contributed by atoms with Gasteiger partial charge in [0.25, 0.3) is 5.91 Å². The van der Waals surface area contributed by atoms with Crippen LogP contribution in [0.15, 0.2) is 73.3 Å². The summed E-state index contributed by atoms with van der Waals surface area (Å²) in [6, 6.07) is 12.9. The van der Waals surface area contributed by atoms with Crippen LogP contribution in [-0.2, 0) is 0 Å². The average Bonchev–Trinajstić information content (AvgIpc) is 3.25. The number of aromatic nitrogens is 4. The summed E-state index contributed by atoms with van der Waals surface area (Å²) in [6.45, 7) is 0. The molecular formula is C20H13F2N5O2. The smallest absolute Gasteiger partial charge is 0.261 e. The molecule has 1 amide bonds. The predicted molar refractivity (Wildman–Crippen MR) is 100.0 cm³/mol. The van der Waals surface area contributed by atoms with E-state index in [0.717, 1.165) is 12.1 Å². The number of hydrogen-bond acceptors (Lipinski definition) is 5. The van der Waals surface area contributed by atoms with E-state index < -0.39 is 23.1 Å². The van der Waals surface area contributed by atoms with Crippen molar-refractivity contribution < 1.29 is 18.3 Å². The maximum atomic E-state index is 13.7. The first-order valence-corrected chi connectivity index (χ1v) is 8.45. The number of carbonyl (C=O) groups excluding carboxylic acids is 1. The average molecular weight is 393 g/mol. The van der Waals surface area contributed by atoms with Gasteiger partial charge in [-0.05, 0) is 42.5 Å². The molecule has 4 aromatic rings. The highest BCUT2D eigenvalue weighted by molar-refractivity contribution is 6.04. The molecule has 0 saturated heterocycles. The van der Waals surface area contributed by atoms with E-state index in [-0.39, 0.29) is 5.88 Å². The molecule has 144 valence electrons. The Morgan fingerprint density at radius 3 is 2.34 bits per heavy atom. The van der Waals surface area contributed by atoms with Crippen LogP contribution in [0.1, 0.15) is 10.4 Å². The van der Waals surface area contributed by atoms with Crippen molar-refractivity contribution in [1.29, 1.82) is 0 Å². The molecule has 0 unspecified atom stereocenters. The number of anilines is 1. The standard InChI is InChI=1S/C20H13F2N5O2/c21-15-2-1-3-16(22)19(15)20(28)24-13-4-6-14(7-5-13)29-18-9-8-17(25-26-18)27-11-10-23-12-27/h1-12H,(H,24,28). The highest BCUT2D eigenvalue weighted by Crippen LogP contribution is 2.22. The van der Waals surface area contributed by atoms with Crippen LogP contribution in [0.3, 0.4) is 0 Å². The van der Waals surface area contributed by atoms with Crippen LogP contribution in [0.4, 0.5) is 14.5 Å².